The molecule has 1 nitrogen and oxygen atoms in total. The molecule has 0 amide bonds. The van der Waals surface area contributed by atoms with Gasteiger partial charge in [-0.25, -0.2) is 4.98 Å². The minimum atomic E-state index is -4.64. The molecule has 2 aromatic rings. The van der Waals surface area contributed by atoms with Crippen LogP contribution in [0.15, 0.2) is 36.4 Å². The summed E-state index contributed by atoms with van der Waals surface area (Å²) in [6.45, 7) is 0. The van der Waals surface area contributed by atoms with E-state index in [0.29, 0.717) is 6.07 Å². The first kappa shape index (κ1) is 16.1. The van der Waals surface area contributed by atoms with Crippen molar-refractivity contribution in [1.82, 2.24) is 4.98 Å². The Bertz CT molecular complexity index is 662. The second-order valence-electron chi connectivity index (χ2n) is 4.08. The van der Waals surface area contributed by atoms with Gasteiger partial charge in [0.2, 0.25) is 0 Å². The minimum Gasteiger partial charge on any atom is -0.237 e. The van der Waals surface area contributed by atoms with E-state index in [4.69, 9.17) is 0 Å². The quantitative estimate of drug-likeness (QED) is 0.345. The Morgan fingerprint density at radius 1 is 0.762 bits per heavy atom. The molecule has 21 heavy (non-hydrogen) atoms. The van der Waals surface area contributed by atoms with Gasteiger partial charge in [0.1, 0.15) is 9.39 Å². The van der Waals surface area contributed by atoms with Crippen LogP contribution >= 0.6 is 22.6 Å². The zero-order chi connectivity index (χ0) is 15.8. The number of aromatic nitrogens is 1. The van der Waals surface area contributed by atoms with Crippen molar-refractivity contribution in [2.75, 3.05) is 0 Å². The average molecular weight is 417 g/mol. The van der Waals surface area contributed by atoms with Crippen molar-refractivity contribution in [2.45, 2.75) is 12.4 Å². The molecule has 0 radical (unpaired) electrons. The van der Waals surface area contributed by atoms with E-state index in [1.807, 2.05) is 0 Å². The number of nitrogens with zero attached hydrogens (tertiary/aromatic N) is 1. The summed E-state index contributed by atoms with van der Waals surface area (Å²) >= 11 is 1.50. The van der Waals surface area contributed by atoms with Gasteiger partial charge in [-0.15, -0.1) is 0 Å². The van der Waals surface area contributed by atoms with Gasteiger partial charge in [0.15, 0.2) is 0 Å². The molecule has 112 valence electrons. The van der Waals surface area contributed by atoms with E-state index < -0.39 is 23.6 Å². The van der Waals surface area contributed by atoms with Crippen LogP contribution in [0, 0.1) is 3.70 Å². The highest BCUT2D eigenvalue weighted by atomic mass is 127. The summed E-state index contributed by atoms with van der Waals surface area (Å²) in [5.74, 6) is 0. The van der Waals surface area contributed by atoms with Crippen LogP contribution in [-0.4, -0.2) is 4.98 Å². The summed E-state index contributed by atoms with van der Waals surface area (Å²) in [4.78, 5) is 3.34. The molecule has 8 heteroatoms. The number of alkyl halides is 6. The fourth-order valence-electron chi connectivity index (χ4n) is 1.76. The van der Waals surface area contributed by atoms with Crippen LogP contribution in [0.4, 0.5) is 26.3 Å². The Morgan fingerprint density at radius 2 is 1.38 bits per heavy atom. The third-order valence-electron chi connectivity index (χ3n) is 2.66. The second kappa shape index (κ2) is 5.47. The number of pyridine rings is 1. The van der Waals surface area contributed by atoms with Gasteiger partial charge < -0.3 is 0 Å². The highest BCUT2D eigenvalue weighted by molar-refractivity contribution is 14.1. The molecule has 0 unspecified atom stereocenters. The van der Waals surface area contributed by atoms with Crippen LogP contribution in [0.3, 0.4) is 0 Å². The summed E-state index contributed by atoms with van der Waals surface area (Å²) in [5, 5.41) is 0. The van der Waals surface area contributed by atoms with Crippen molar-refractivity contribution in [3.8, 4) is 11.1 Å². The summed E-state index contributed by atoms with van der Waals surface area (Å²) in [6.07, 6.45) is -9.23. The first-order chi connectivity index (χ1) is 9.60. The molecule has 0 fully saturated rings. The normalized spacial score (nSPS) is 12.5. The maximum atomic E-state index is 12.9. The molecule has 1 aromatic heterocycles. The zero-order valence-corrected chi connectivity index (χ0v) is 12.2. The third kappa shape index (κ3) is 3.47. The Labute approximate surface area is 129 Å². The summed E-state index contributed by atoms with van der Waals surface area (Å²) in [5.41, 5.74) is -2.24. The number of rotatable bonds is 1. The predicted molar refractivity (Wildman–Crippen MR) is 72.4 cm³/mol. The summed E-state index contributed by atoms with van der Waals surface area (Å²) < 4.78 is 76.2. The predicted octanol–water partition coefficient (Wildman–Crippen LogP) is 5.39. The molecule has 1 aromatic carbocycles. The van der Waals surface area contributed by atoms with Crippen LogP contribution in [0.5, 0.6) is 0 Å². The van der Waals surface area contributed by atoms with Crippen LogP contribution in [0.1, 0.15) is 11.3 Å². The third-order valence-corrected chi connectivity index (χ3v) is 3.48. The van der Waals surface area contributed by atoms with E-state index in [9.17, 15) is 26.3 Å². The number of benzene rings is 1. The SMILES string of the molecule is FC(F)(F)c1ccc(-c2ccccc2C(F)(F)F)c(I)n1. The van der Waals surface area contributed by atoms with Crippen LogP contribution < -0.4 is 0 Å². The Kier molecular flexibility index (Phi) is 4.18. The lowest BCUT2D eigenvalue weighted by atomic mass is 10.0. The lowest BCUT2D eigenvalue weighted by Crippen LogP contribution is -2.10. The molecular weight excluding hydrogens is 411 g/mol. The fraction of sp³-hybridized carbons (Fsp3) is 0.154. The molecule has 0 saturated heterocycles. The van der Waals surface area contributed by atoms with Crippen molar-refractivity contribution >= 4 is 22.6 Å². The lowest BCUT2D eigenvalue weighted by Gasteiger charge is -2.14. The van der Waals surface area contributed by atoms with E-state index in [-0.39, 0.29) is 14.8 Å². The summed E-state index contributed by atoms with van der Waals surface area (Å²) in [6, 6.07) is 6.36. The standard InChI is InChI=1S/C13H6F6IN/c14-12(15,16)9-4-2-1-3-7(9)8-5-6-10(13(17,18)19)21-11(8)20/h1-6H. The first-order valence-electron chi connectivity index (χ1n) is 5.51. The van der Waals surface area contributed by atoms with Crippen molar-refractivity contribution in [1.29, 1.82) is 0 Å². The lowest BCUT2D eigenvalue weighted by molar-refractivity contribution is -0.141. The molecule has 0 spiro atoms. The van der Waals surface area contributed by atoms with Crippen molar-refractivity contribution < 1.29 is 26.3 Å². The van der Waals surface area contributed by atoms with Crippen molar-refractivity contribution in [2.24, 2.45) is 0 Å². The molecule has 0 aliphatic rings. The van der Waals surface area contributed by atoms with Gasteiger partial charge in [-0.1, -0.05) is 18.2 Å². The monoisotopic (exact) mass is 417 g/mol. The topological polar surface area (TPSA) is 12.9 Å². The van der Waals surface area contributed by atoms with E-state index in [1.54, 1.807) is 0 Å². The van der Waals surface area contributed by atoms with E-state index in [0.717, 1.165) is 12.1 Å². The van der Waals surface area contributed by atoms with Gasteiger partial charge in [-0.05, 0) is 46.4 Å². The average Bonchev–Trinajstić information content (AvgIpc) is 2.36. The fourth-order valence-corrected chi connectivity index (χ4v) is 2.49. The number of halogens is 7. The smallest absolute Gasteiger partial charge is 0.237 e. The largest absolute Gasteiger partial charge is 0.433 e. The first-order valence-corrected chi connectivity index (χ1v) is 6.59. The molecule has 0 N–H and O–H groups in total. The van der Waals surface area contributed by atoms with Gasteiger partial charge in [0.05, 0.1) is 5.56 Å². The Morgan fingerprint density at radius 3 is 1.90 bits per heavy atom. The molecule has 0 atom stereocenters. The Balaban J connectivity index is 2.59. The summed E-state index contributed by atoms with van der Waals surface area (Å²) in [7, 11) is 0. The van der Waals surface area contributed by atoms with Gasteiger partial charge in [-0.2, -0.15) is 26.3 Å². The van der Waals surface area contributed by atoms with Gasteiger partial charge in [0.25, 0.3) is 0 Å². The minimum absolute atomic E-state index is 0.0107. The Hall–Kier alpha value is -1.32. The molecule has 0 bridgehead atoms. The number of hydrogen-bond acceptors (Lipinski definition) is 1. The molecule has 0 aliphatic carbocycles. The molecule has 0 aliphatic heterocycles. The highest BCUT2D eigenvalue weighted by Crippen LogP contribution is 2.39. The van der Waals surface area contributed by atoms with E-state index in [1.165, 1.54) is 40.8 Å². The maximum absolute atomic E-state index is 12.9. The van der Waals surface area contributed by atoms with Crippen molar-refractivity contribution in [3.63, 3.8) is 0 Å². The molecule has 0 saturated carbocycles. The van der Waals surface area contributed by atoms with Crippen LogP contribution in [-0.2, 0) is 12.4 Å². The van der Waals surface area contributed by atoms with E-state index >= 15 is 0 Å². The maximum Gasteiger partial charge on any atom is 0.433 e. The molecule has 2 rings (SSSR count). The van der Waals surface area contributed by atoms with Crippen LogP contribution in [0.2, 0.25) is 0 Å². The zero-order valence-electron chi connectivity index (χ0n) is 10.1. The van der Waals surface area contributed by atoms with E-state index in [2.05, 4.69) is 4.98 Å². The van der Waals surface area contributed by atoms with Gasteiger partial charge in [0, 0.05) is 5.56 Å². The molecule has 1 heterocycles. The van der Waals surface area contributed by atoms with Gasteiger partial charge >= 0.3 is 12.4 Å². The highest BCUT2D eigenvalue weighted by Gasteiger charge is 2.35. The van der Waals surface area contributed by atoms with Crippen molar-refractivity contribution in [3.05, 3.63) is 51.4 Å². The second-order valence-corrected chi connectivity index (χ2v) is 5.10. The number of hydrogen-bond donors (Lipinski definition) is 0. The molecular formula is C13H6F6IN. The van der Waals surface area contributed by atoms with Gasteiger partial charge in [-0.3, -0.25) is 0 Å². The van der Waals surface area contributed by atoms with Crippen LogP contribution in [0.25, 0.3) is 11.1 Å².